The summed E-state index contributed by atoms with van der Waals surface area (Å²) < 4.78 is 68.8. The van der Waals surface area contributed by atoms with Gasteiger partial charge in [0.2, 0.25) is 0 Å². The second kappa shape index (κ2) is 61.4. The van der Waals surface area contributed by atoms with Crippen molar-refractivity contribution in [2.45, 2.75) is 388 Å². The Labute approximate surface area is 824 Å². The summed E-state index contributed by atoms with van der Waals surface area (Å²) in [5.41, 5.74) is 1.92. The number of carbonyl (C=O) groups excluding carboxylic acids is 7. The van der Waals surface area contributed by atoms with E-state index in [0.29, 0.717) is 37.1 Å². The number of aromatic nitrogens is 2. The Morgan fingerprint density at radius 3 is 1.04 bits per heavy atom. The number of amides is 4. The first-order valence-electron chi connectivity index (χ1n) is 47.5. The number of nitrogens with two attached hydrogens (primary N) is 1. The molecule has 9 aliphatic carbocycles. The maximum Gasteiger partial charge on any atom is 0.408 e. The second-order valence-electron chi connectivity index (χ2n) is 38.8. The molecule has 13 rings (SSSR count). The summed E-state index contributed by atoms with van der Waals surface area (Å²) in [7, 11) is 10.9. The van der Waals surface area contributed by atoms with Gasteiger partial charge in [-0.2, -0.15) is 0 Å². The van der Waals surface area contributed by atoms with Gasteiger partial charge in [-0.1, -0.05) is 0 Å². The SMILES string of the molecule is CC(C)(C)OC(=O)N[C@H]1CCC[C@@H]1O.CC(C)(C)OC(=O)N[C@H]1CCC[C@H]1O.CC(C)(C)OC(=O)N[C@H]1CCC[C@H]1OC(=O)c1ccc([N+](=O)[O-])cc1.COC(=O)c1cccn(C2CCC[C@H]2OC)c1=O.COC(=O)c1cccoc1=O.CO[C@@H]1CCCC1n1cccc(C(=O)O)c1=O.CO[C@@H]1CCC[C@@H]1NC(=O)OC(C)(C)C.CO[C@@H]1CCC[C@@H]1NCl.CO[C@@H]1CCC[C@@H]1NCl.N[C@H]1CCC[C@@H]1O. The van der Waals surface area contributed by atoms with Gasteiger partial charge >= 0.3 is 53.9 Å². The number of carboxylic acids is 1. The van der Waals surface area contributed by atoms with Crippen molar-refractivity contribution < 1.29 is 125 Å². The number of pyridine rings is 2. The van der Waals surface area contributed by atoms with E-state index in [1.807, 2.05) is 62.3 Å². The van der Waals surface area contributed by atoms with Gasteiger partial charge in [0.15, 0.2) is 0 Å². The molecule has 2 unspecified atom stereocenters. The molecule has 3 aromatic heterocycles. The molecular weight excluding hydrogens is 1860 g/mol. The first-order valence-corrected chi connectivity index (χ1v) is 48.3. The molecule has 1 aromatic carbocycles. The number of methoxy groups -OCH3 is 7. The van der Waals surface area contributed by atoms with E-state index in [0.717, 1.165) is 148 Å². The number of hydrogen-bond donors (Lipinski definition) is 11. The highest BCUT2D eigenvalue weighted by molar-refractivity contribution is 6.13. The lowest BCUT2D eigenvalue weighted by atomic mass is 10.2. The number of halogens is 2. The number of nitro groups is 1. The predicted molar refractivity (Wildman–Crippen MR) is 519 cm³/mol. The third-order valence-electron chi connectivity index (χ3n) is 23.8. The van der Waals surface area contributed by atoms with E-state index in [1.165, 1.54) is 86.4 Å². The molecule has 0 spiro atoms. The molecule has 0 bridgehead atoms. The second-order valence-corrected chi connectivity index (χ2v) is 39.2. The highest BCUT2D eigenvalue weighted by Gasteiger charge is 2.38. The third kappa shape index (κ3) is 44.3. The number of aliphatic hydroxyl groups excluding tert-OH is 3. The summed E-state index contributed by atoms with van der Waals surface area (Å²) in [5.74, 6) is -3.03. The molecule has 42 heteroatoms. The van der Waals surface area contributed by atoms with Crippen LogP contribution in [0.2, 0.25) is 0 Å². The van der Waals surface area contributed by atoms with E-state index >= 15 is 0 Å². The molecule has 9 saturated carbocycles. The van der Waals surface area contributed by atoms with Crippen molar-refractivity contribution >= 4 is 77.5 Å². The van der Waals surface area contributed by atoms with Crippen LogP contribution in [0.4, 0.5) is 24.9 Å². The molecule has 786 valence electrons. The Balaban J connectivity index is 0.000000328. The number of rotatable bonds is 19. The first kappa shape index (κ1) is 122. The van der Waals surface area contributed by atoms with Crippen LogP contribution >= 0.6 is 23.6 Å². The van der Waals surface area contributed by atoms with E-state index in [4.69, 9.17) is 86.9 Å². The van der Waals surface area contributed by atoms with Gasteiger partial charge in [0, 0.05) is 78.2 Å². The number of nitro benzene ring substituents is 1. The number of hydrogen-bond acceptors (Lipinski definition) is 32. The molecule has 9 aliphatic rings. The number of benzene rings is 1. The number of alkyl carbamates (subject to hydrolysis) is 4. The Kier molecular flexibility index (Phi) is 53.9. The number of carbonyl (C=O) groups is 8. The standard InChI is InChI=1S/C17H22N2O6.C13H17NO4.C12H15NO4.C11H21NO3.2C10H19NO3.C7H6O4.2C6H12ClNO.C5H11NO/c1-17(2,3)25-16(21)18-13-5-4-6-14(13)24-15(20)11-7-9-12(10-8-11)19(22)23;1-17-11-7-3-6-10(11)14-8-4-5-9(12(14)15)13(16)18-2;1-17-10-6-2-5-9(10)13-7-3-4-8(11(13)14)12(15)16;1-11(2,3)15-10(13)12-8-6-5-7-9(8)14-4;2*1-10(2,3)14-9(13)11-7-5-4-6-8(7)12;1-10-6(8)5-3-2-4-11-7(5)9;2*1-9-6-4-2-3-5(6)8-7;6-4-2-1-3-5(4)7/h7-10,13-14H,4-6H2,1-3H3,(H,18,21);4-5,8,10-11H,3,6-7H2,1-2H3;3-4,7,9-10H,2,5-6H2,1H3,(H,15,16);8-9H,5-7H2,1-4H3,(H,12,13);2*7-8,12H,4-6H2,1-3H3,(H,11,13);2-4H,1H3;2*5-6,8H,2-4H2,1H3;4-5,7H,1-3,6H2/t13-,14+;10?,11-;9?,10-;8-,9+;7-,8+;7-,8-;;2*5-,6+;4-,5-/m011000.000/s1. The van der Waals surface area contributed by atoms with Crippen molar-refractivity contribution in [1.82, 2.24) is 40.1 Å². The number of nitrogens with zero attached hydrogens (tertiary/aromatic N) is 3. The monoisotopic (exact) mass is 2010 g/mol. The van der Waals surface area contributed by atoms with Crippen molar-refractivity contribution in [3.05, 3.63) is 143 Å². The van der Waals surface area contributed by atoms with Gasteiger partial charge in [0.25, 0.3) is 16.8 Å². The van der Waals surface area contributed by atoms with Gasteiger partial charge in [-0.15, -0.1) is 0 Å². The molecule has 0 radical (unpaired) electrons. The van der Waals surface area contributed by atoms with Gasteiger partial charge in [-0.3, -0.25) is 19.7 Å². The molecule has 12 N–H and O–H groups in total. The molecule has 139 heavy (non-hydrogen) atoms. The van der Waals surface area contributed by atoms with Gasteiger partial charge in [-0.05, 0) is 329 Å². The van der Waals surface area contributed by atoms with Crippen molar-refractivity contribution in [2.24, 2.45) is 5.73 Å². The number of esters is 3. The highest BCUT2D eigenvalue weighted by atomic mass is 35.5. The number of aliphatic hydroxyl groups is 3. The van der Waals surface area contributed by atoms with E-state index < -0.39 is 99.0 Å². The summed E-state index contributed by atoms with van der Waals surface area (Å²) in [6.07, 6.45) is 28.1. The van der Waals surface area contributed by atoms with Crippen LogP contribution in [-0.2, 0) is 56.8 Å². The zero-order valence-corrected chi connectivity index (χ0v) is 85.6. The van der Waals surface area contributed by atoms with Crippen LogP contribution in [0.15, 0.2) is 98.1 Å². The van der Waals surface area contributed by atoms with Gasteiger partial charge < -0.3 is 118 Å². The van der Waals surface area contributed by atoms with Crippen LogP contribution in [0.5, 0.6) is 0 Å². The topological polar surface area (TPSA) is 544 Å². The van der Waals surface area contributed by atoms with Crippen molar-refractivity contribution in [3.8, 4) is 0 Å². The molecule has 9 fully saturated rings. The fraction of sp³-hybridized carbons (Fsp3) is 0.701. The molecule has 40 nitrogen and oxygen atoms in total. The number of non-ortho nitro benzene ring substituents is 1. The minimum atomic E-state index is -1.18. The van der Waals surface area contributed by atoms with E-state index in [2.05, 4.69) is 44.8 Å². The summed E-state index contributed by atoms with van der Waals surface area (Å²) in [5, 5.41) is 58.3. The van der Waals surface area contributed by atoms with E-state index in [9.17, 15) is 73.1 Å². The van der Waals surface area contributed by atoms with Crippen molar-refractivity contribution in [2.75, 3.05) is 49.8 Å². The minimum Gasteiger partial charge on any atom is -0.477 e. The molecular formula is C97H154Cl2N10O30. The quantitative estimate of drug-likeness (QED) is 0.0137. The fourth-order valence-electron chi connectivity index (χ4n) is 16.8. The normalized spacial score (nSPS) is 25.3. The number of carboxylic acid groups (broad SMARTS) is 1. The van der Waals surface area contributed by atoms with Crippen molar-refractivity contribution in [1.29, 1.82) is 0 Å². The molecule has 4 amide bonds. The molecule has 18 atom stereocenters. The summed E-state index contributed by atoms with van der Waals surface area (Å²) in [6.45, 7) is 21.8. The van der Waals surface area contributed by atoms with Crippen LogP contribution in [-0.4, -0.2) is 252 Å². The third-order valence-corrected chi connectivity index (χ3v) is 24.3. The predicted octanol–water partition coefficient (Wildman–Crippen LogP) is 13.7. The molecule has 4 aromatic rings. The van der Waals surface area contributed by atoms with Crippen LogP contribution in [0.25, 0.3) is 0 Å². The lowest BCUT2D eigenvalue weighted by Gasteiger charge is -2.24. The number of nitrogens with one attached hydrogen (secondary N) is 6. The smallest absolute Gasteiger partial charge is 0.408 e. The van der Waals surface area contributed by atoms with Crippen LogP contribution in [0, 0.1) is 10.1 Å². The van der Waals surface area contributed by atoms with Gasteiger partial charge in [0.05, 0.1) is 116 Å². The Morgan fingerprint density at radius 1 is 0.403 bits per heavy atom. The average molecular weight is 2010 g/mol. The molecule has 0 saturated heterocycles. The Bertz CT molecular complexity index is 4480. The zero-order valence-electron chi connectivity index (χ0n) is 84.1. The maximum atomic E-state index is 12.2. The van der Waals surface area contributed by atoms with Crippen LogP contribution in [0.1, 0.15) is 310 Å². The summed E-state index contributed by atoms with van der Waals surface area (Å²) in [4.78, 5) is 142. The Morgan fingerprint density at radius 2 is 0.719 bits per heavy atom. The average Bonchev–Trinajstić information content (AvgIpc) is 1.77. The van der Waals surface area contributed by atoms with Gasteiger partial charge in [-0.25, -0.2) is 52.8 Å². The maximum absolute atomic E-state index is 12.2. The van der Waals surface area contributed by atoms with E-state index in [-0.39, 0.29) is 106 Å². The lowest BCUT2D eigenvalue weighted by Crippen LogP contribution is -2.44. The number of aromatic carboxylic acids is 1. The fourth-order valence-corrected chi connectivity index (χ4v) is 17.3. The highest BCUT2D eigenvalue weighted by Crippen LogP contribution is 2.34. The van der Waals surface area contributed by atoms with E-state index in [1.54, 1.807) is 85.4 Å². The largest absolute Gasteiger partial charge is 0.477 e. The summed E-state index contributed by atoms with van der Waals surface area (Å²) in [6, 6.07) is 14.4. The molecule has 3 heterocycles. The van der Waals surface area contributed by atoms with Gasteiger partial charge in [0.1, 0.15) is 45.2 Å². The molecule has 0 aliphatic heterocycles. The van der Waals surface area contributed by atoms with Crippen LogP contribution < -0.4 is 53.4 Å². The Hall–Kier alpha value is -9.43. The number of ether oxygens (including phenoxy) is 12. The first-order chi connectivity index (χ1) is 65.5. The minimum absolute atomic E-state index is 0.00301. The van der Waals surface area contributed by atoms with Crippen LogP contribution in [0.3, 0.4) is 0 Å². The zero-order chi connectivity index (χ0) is 104. The lowest BCUT2D eigenvalue weighted by molar-refractivity contribution is -0.384. The summed E-state index contributed by atoms with van der Waals surface area (Å²) >= 11 is 10.9. The van der Waals surface area contributed by atoms with Crippen molar-refractivity contribution in [3.63, 3.8) is 0 Å².